The number of hydrogen-bond donors (Lipinski definition) is 0. The molecule has 3 aromatic heterocycles. The molecular formula is C23H21N3O2S. The van der Waals surface area contributed by atoms with E-state index in [1.54, 1.807) is 17.6 Å². The maximum Gasteiger partial charge on any atom is 0.178 e. The minimum atomic E-state index is 0.0695. The van der Waals surface area contributed by atoms with Gasteiger partial charge in [-0.3, -0.25) is 9.69 Å². The van der Waals surface area contributed by atoms with Crippen LogP contribution in [-0.4, -0.2) is 21.8 Å². The molecule has 1 aromatic carbocycles. The summed E-state index contributed by atoms with van der Waals surface area (Å²) >= 11 is 1.68. The Morgan fingerprint density at radius 1 is 1.14 bits per heavy atom. The highest BCUT2D eigenvalue weighted by Gasteiger charge is 2.19. The predicted octanol–water partition coefficient (Wildman–Crippen LogP) is 5.09. The van der Waals surface area contributed by atoms with Crippen LogP contribution in [0.3, 0.4) is 0 Å². The van der Waals surface area contributed by atoms with Crippen molar-refractivity contribution < 1.29 is 9.21 Å². The van der Waals surface area contributed by atoms with Crippen LogP contribution in [0, 0.1) is 11.3 Å². The first-order chi connectivity index (χ1) is 14.2. The van der Waals surface area contributed by atoms with E-state index in [0.717, 1.165) is 16.7 Å². The zero-order chi connectivity index (χ0) is 20.1. The fraction of sp³-hybridized carbons (Fsp3) is 0.217. The molecule has 0 atom stereocenters. The molecule has 0 aliphatic rings. The van der Waals surface area contributed by atoms with Gasteiger partial charge in [0.25, 0.3) is 0 Å². The summed E-state index contributed by atoms with van der Waals surface area (Å²) in [6.07, 6.45) is 3.96. The highest BCUT2D eigenvalue weighted by molar-refractivity contribution is 7.09. The Kier molecular flexibility index (Phi) is 5.89. The van der Waals surface area contributed by atoms with E-state index in [4.69, 9.17) is 9.68 Å². The summed E-state index contributed by atoms with van der Waals surface area (Å²) in [7, 11) is 0. The van der Waals surface area contributed by atoms with Crippen molar-refractivity contribution in [2.45, 2.75) is 26.1 Å². The summed E-state index contributed by atoms with van der Waals surface area (Å²) < 4.78 is 7.51. The van der Waals surface area contributed by atoms with Gasteiger partial charge in [-0.15, -0.1) is 11.3 Å². The fourth-order valence-corrected chi connectivity index (χ4v) is 4.27. The largest absolute Gasteiger partial charge is 0.468 e. The molecule has 5 nitrogen and oxygen atoms in total. The Morgan fingerprint density at radius 2 is 2.03 bits per heavy atom. The SMILES string of the molecule is N#CCCn1cc(C(=O)CN(Cc2ccco2)Cc2cccs2)c2ccccc21. The van der Waals surface area contributed by atoms with E-state index in [1.165, 1.54) is 4.88 Å². The lowest BCUT2D eigenvalue weighted by atomic mass is 10.1. The third-order valence-corrected chi connectivity index (χ3v) is 5.70. The molecule has 4 aromatic rings. The molecule has 0 saturated heterocycles. The van der Waals surface area contributed by atoms with E-state index >= 15 is 0 Å². The van der Waals surface area contributed by atoms with Gasteiger partial charge in [0.1, 0.15) is 5.76 Å². The number of aryl methyl sites for hydroxylation is 1. The molecule has 0 aliphatic heterocycles. The Bertz CT molecular complexity index is 1080. The van der Waals surface area contributed by atoms with Crippen molar-refractivity contribution >= 4 is 28.0 Å². The number of carbonyl (C=O) groups is 1. The molecule has 4 rings (SSSR count). The average molecular weight is 404 g/mol. The van der Waals surface area contributed by atoms with Gasteiger partial charge < -0.3 is 8.98 Å². The maximum absolute atomic E-state index is 13.3. The molecular weight excluding hydrogens is 382 g/mol. The van der Waals surface area contributed by atoms with E-state index in [-0.39, 0.29) is 5.78 Å². The summed E-state index contributed by atoms with van der Waals surface area (Å²) in [5, 5.41) is 11.9. The van der Waals surface area contributed by atoms with Crippen LogP contribution in [0.5, 0.6) is 0 Å². The van der Waals surface area contributed by atoms with E-state index < -0.39 is 0 Å². The van der Waals surface area contributed by atoms with Crippen LogP contribution in [-0.2, 0) is 19.6 Å². The minimum Gasteiger partial charge on any atom is -0.468 e. The molecule has 6 heteroatoms. The lowest BCUT2D eigenvalue weighted by molar-refractivity contribution is 0.0917. The summed E-state index contributed by atoms with van der Waals surface area (Å²) in [5.74, 6) is 0.908. The molecule has 0 N–H and O–H groups in total. The molecule has 0 radical (unpaired) electrons. The number of aromatic nitrogens is 1. The summed E-state index contributed by atoms with van der Waals surface area (Å²) in [6, 6.07) is 17.9. The topological polar surface area (TPSA) is 62.2 Å². The van der Waals surface area contributed by atoms with Gasteiger partial charge in [-0.05, 0) is 29.6 Å². The fourth-order valence-electron chi connectivity index (χ4n) is 3.53. The molecule has 0 fully saturated rings. The van der Waals surface area contributed by atoms with Crippen LogP contribution < -0.4 is 0 Å². The van der Waals surface area contributed by atoms with Crippen molar-refractivity contribution in [2.75, 3.05) is 6.54 Å². The number of ketones is 1. The zero-order valence-corrected chi connectivity index (χ0v) is 16.8. The van der Waals surface area contributed by atoms with Crippen LogP contribution in [0.4, 0.5) is 0 Å². The third-order valence-electron chi connectivity index (χ3n) is 4.84. The second kappa shape index (κ2) is 8.91. The molecule has 146 valence electrons. The van der Waals surface area contributed by atoms with Gasteiger partial charge in [-0.1, -0.05) is 24.3 Å². The number of thiophene rings is 1. The van der Waals surface area contributed by atoms with Crippen molar-refractivity contribution in [3.63, 3.8) is 0 Å². The number of fused-ring (bicyclic) bond motifs is 1. The van der Waals surface area contributed by atoms with Gasteiger partial charge in [0.2, 0.25) is 0 Å². The van der Waals surface area contributed by atoms with E-state index in [1.807, 2.05) is 58.6 Å². The quantitative estimate of drug-likeness (QED) is 0.365. The minimum absolute atomic E-state index is 0.0695. The standard InChI is InChI=1S/C23H21N3O2S/c24-10-5-11-26-16-21(20-8-1-2-9-22(20)26)23(27)17-25(14-18-6-3-12-28-18)15-19-7-4-13-29-19/h1-4,6-9,12-13,16H,5,11,14-15,17H2. The highest BCUT2D eigenvalue weighted by Crippen LogP contribution is 2.23. The van der Waals surface area contributed by atoms with Crippen LogP contribution in [0.2, 0.25) is 0 Å². The molecule has 3 heterocycles. The van der Waals surface area contributed by atoms with Crippen molar-refractivity contribution in [1.29, 1.82) is 5.26 Å². The summed E-state index contributed by atoms with van der Waals surface area (Å²) in [5.41, 5.74) is 1.69. The summed E-state index contributed by atoms with van der Waals surface area (Å²) in [4.78, 5) is 16.6. The van der Waals surface area contributed by atoms with Crippen LogP contribution in [0.25, 0.3) is 10.9 Å². The third kappa shape index (κ3) is 4.48. The van der Waals surface area contributed by atoms with Crippen molar-refractivity contribution in [3.05, 3.63) is 82.6 Å². The Balaban J connectivity index is 1.59. The van der Waals surface area contributed by atoms with Gasteiger partial charge in [0, 0.05) is 40.6 Å². The normalized spacial score (nSPS) is 11.2. The molecule has 0 unspecified atom stereocenters. The predicted molar refractivity (Wildman–Crippen MR) is 114 cm³/mol. The van der Waals surface area contributed by atoms with Crippen molar-refractivity contribution in [2.24, 2.45) is 0 Å². The smallest absolute Gasteiger partial charge is 0.178 e. The second-order valence-corrected chi connectivity index (χ2v) is 7.92. The van der Waals surface area contributed by atoms with Crippen LogP contribution >= 0.6 is 11.3 Å². The monoisotopic (exact) mass is 403 g/mol. The van der Waals surface area contributed by atoms with Gasteiger partial charge >= 0.3 is 0 Å². The number of carbonyl (C=O) groups excluding carboxylic acids is 1. The Hall–Kier alpha value is -3.14. The maximum atomic E-state index is 13.3. The summed E-state index contributed by atoms with van der Waals surface area (Å²) in [6.45, 7) is 2.14. The van der Waals surface area contributed by atoms with E-state index in [0.29, 0.717) is 38.2 Å². The van der Waals surface area contributed by atoms with Crippen LogP contribution in [0.15, 0.2) is 70.8 Å². The van der Waals surface area contributed by atoms with Gasteiger partial charge in [-0.2, -0.15) is 5.26 Å². The van der Waals surface area contributed by atoms with Crippen molar-refractivity contribution in [1.82, 2.24) is 9.47 Å². The first-order valence-corrected chi connectivity index (χ1v) is 10.4. The molecule has 0 spiro atoms. The Labute approximate surface area is 173 Å². The van der Waals surface area contributed by atoms with Crippen molar-refractivity contribution in [3.8, 4) is 6.07 Å². The molecule has 0 bridgehead atoms. The molecule has 29 heavy (non-hydrogen) atoms. The molecule has 0 aliphatic carbocycles. The second-order valence-electron chi connectivity index (χ2n) is 6.89. The number of rotatable bonds is 9. The Morgan fingerprint density at radius 3 is 2.79 bits per heavy atom. The number of nitrogens with zero attached hydrogens (tertiary/aromatic N) is 3. The van der Waals surface area contributed by atoms with Gasteiger partial charge in [0.05, 0.1) is 31.8 Å². The van der Waals surface area contributed by atoms with Gasteiger partial charge in [-0.25, -0.2) is 0 Å². The van der Waals surface area contributed by atoms with E-state index in [9.17, 15) is 4.79 Å². The molecule has 0 saturated carbocycles. The number of furan rings is 1. The van der Waals surface area contributed by atoms with Crippen LogP contribution in [0.1, 0.15) is 27.4 Å². The first-order valence-electron chi connectivity index (χ1n) is 9.50. The van der Waals surface area contributed by atoms with E-state index in [2.05, 4.69) is 17.0 Å². The number of para-hydroxylation sites is 1. The number of Topliss-reactive ketones (excluding diaryl/α,β-unsaturated/α-hetero) is 1. The first kappa shape index (κ1) is 19.2. The highest BCUT2D eigenvalue weighted by atomic mass is 32.1. The lowest BCUT2D eigenvalue weighted by Crippen LogP contribution is -2.28. The molecule has 0 amide bonds. The average Bonchev–Trinajstić information content (AvgIpc) is 3.48. The van der Waals surface area contributed by atoms with Gasteiger partial charge in [0.15, 0.2) is 5.78 Å². The number of benzene rings is 1. The number of nitriles is 1. The lowest BCUT2D eigenvalue weighted by Gasteiger charge is -2.19. The zero-order valence-electron chi connectivity index (χ0n) is 16.0. The number of hydrogen-bond acceptors (Lipinski definition) is 5.